The lowest BCUT2D eigenvalue weighted by Crippen LogP contribution is -2.31. The highest BCUT2D eigenvalue weighted by Crippen LogP contribution is 2.31. The fourth-order valence-corrected chi connectivity index (χ4v) is 2.03. The van der Waals surface area contributed by atoms with Gasteiger partial charge in [0.05, 0.1) is 6.10 Å². The third-order valence-corrected chi connectivity index (χ3v) is 2.66. The number of aliphatic hydroxyl groups excluding tert-OH is 1. The van der Waals surface area contributed by atoms with Crippen LogP contribution in [-0.2, 0) is 0 Å². The van der Waals surface area contributed by atoms with E-state index < -0.39 is 0 Å². The monoisotopic (exact) mass is 185 g/mol. The lowest BCUT2D eigenvalue weighted by atomic mass is 9.90. The van der Waals surface area contributed by atoms with Crippen LogP contribution in [0.4, 0.5) is 0 Å². The van der Waals surface area contributed by atoms with Gasteiger partial charge in [0.25, 0.3) is 0 Å². The predicted molar refractivity (Wildman–Crippen MR) is 55.7 cm³/mol. The van der Waals surface area contributed by atoms with Gasteiger partial charge in [-0.15, -0.1) is 0 Å². The van der Waals surface area contributed by atoms with Crippen LogP contribution in [0.15, 0.2) is 0 Å². The second-order valence-electron chi connectivity index (χ2n) is 6.23. The van der Waals surface area contributed by atoms with Crippen molar-refractivity contribution in [2.45, 2.75) is 40.7 Å². The molecule has 1 aliphatic heterocycles. The van der Waals surface area contributed by atoms with Crippen LogP contribution in [0.2, 0.25) is 0 Å². The van der Waals surface area contributed by atoms with E-state index in [1.807, 2.05) is 0 Å². The lowest BCUT2D eigenvalue weighted by Gasteiger charge is -2.27. The Morgan fingerprint density at radius 3 is 2.23 bits per heavy atom. The second kappa shape index (κ2) is 3.25. The average Bonchev–Trinajstić information content (AvgIpc) is 2.01. The van der Waals surface area contributed by atoms with E-state index in [-0.39, 0.29) is 11.5 Å². The van der Waals surface area contributed by atoms with Crippen LogP contribution in [0, 0.1) is 10.8 Å². The molecule has 0 radical (unpaired) electrons. The molecule has 2 nitrogen and oxygen atoms in total. The number of hydrogen-bond donors (Lipinski definition) is 1. The number of likely N-dealkylation sites (tertiary alicyclic amines) is 1. The smallest absolute Gasteiger partial charge is 0.0730 e. The van der Waals surface area contributed by atoms with Crippen LogP contribution in [0.25, 0.3) is 0 Å². The van der Waals surface area contributed by atoms with Gasteiger partial charge in [-0.05, 0) is 5.41 Å². The minimum atomic E-state index is -0.158. The maximum absolute atomic E-state index is 9.78. The molecule has 13 heavy (non-hydrogen) atoms. The molecule has 0 aliphatic carbocycles. The Bertz CT molecular complexity index is 179. The molecule has 1 heterocycles. The lowest BCUT2D eigenvalue weighted by molar-refractivity contribution is 0.0951. The van der Waals surface area contributed by atoms with E-state index in [1.165, 1.54) is 0 Å². The summed E-state index contributed by atoms with van der Waals surface area (Å²) in [6, 6.07) is 0. The van der Waals surface area contributed by atoms with E-state index >= 15 is 0 Å². The number of nitrogens with zero attached hydrogens (tertiary/aromatic N) is 1. The Labute approximate surface area is 81.9 Å². The maximum atomic E-state index is 9.78. The summed E-state index contributed by atoms with van der Waals surface area (Å²) in [5.41, 5.74) is 0.408. The Morgan fingerprint density at radius 1 is 1.38 bits per heavy atom. The van der Waals surface area contributed by atoms with Crippen molar-refractivity contribution in [3.05, 3.63) is 0 Å². The third kappa shape index (κ3) is 2.96. The third-order valence-electron chi connectivity index (χ3n) is 2.66. The van der Waals surface area contributed by atoms with Crippen LogP contribution >= 0.6 is 0 Å². The standard InChI is InChI=1S/C11H23NO/c1-10(2,3)7-12-6-9(13)11(4,5)8-12/h9,13H,6-8H2,1-5H3. The van der Waals surface area contributed by atoms with Gasteiger partial charge in [0.1, 0.15) is 0 Å². The zero-order valence-electron chi connectivity index (χ0n) is 9.59. The molecule has 1 aliphatic rings. The van der Waals surface area contributed by atoms with Crippen molar-refractivity contribution < 1.29 is 5.11 Å². The zero-order chi connectivity index (χ0) is 10.3. The first-order valence-electron chi connectivity index (χ1n) is 5.11. The van der Waals surface area contributed by atoms with Gasteiger partial charge in [-0.25, -0.2) is 0 Å². The first-order chi connectivity index (χ1) is 5.71. The van der Waals surface area contributed by atoms with Crippen LogP contribution in [0.3, 0.4) is 0 Å². The van der Waals surface area contributed by atoms with Crippen molar-refractivity contribution >= 4 is 0 Å². The van der Waals surface area contributed by atoms with Crippen molar-refractivity contribution in [3.8, 4) is 0 Å². The van der Waals surface area contributed by atoms with E-state index in [4.69, 9.17) is 0 Å². The molecule has 0 bridgehead atoms. The molecule has 1 unspecified atom stereocenters. The van der Waals surface area contributed by atoms with Crippen LogP contribution in [-0.4, -0.2) is 35.7 Å². The molecule has 1 atom stereocenters. The van der Waals surface area contributed by atoms with Crippen molar-refractivity contribution in [1.29, 1.82) is 0 Å². The fourth-order valence-electron chi connectivity index (χ4n) is 2.03. The summed E-state index contributed by atoms with van der Waals surface area (Å²) in [4.78, 5) is 2.37. The Morgan fingerprint density at radius 2 is 1.92 bits per heavy atom. The molecular formula is C11H23NO. The van der Waals surface area contributed by atoms with Crippen molar-refractivity contribution in [2.24, 2.45) is 10.8 Å². The predicted octanol–water partition coefficient (Wildman–Crippen LogP) is 1.74. The normalized spacial score (nSPS) is 29.5. The Balaban J connectivity index is 2.50. The number of aliphatic hydroxyl groups is 1. The van der Waals surface area contributed by atoms with Gasteiger partial charge in [0.15, 0.2) is 0 Å². The summed E-state index contributed by atoms with van der Waals surface area (Å²) >= 11 is 0. The summed E-state index contributed by atoms with van der Waals surface area (Å²) in [6.07, 6.45) is -0.158. The number of β-amino-alcohol motifs (C(OH)–C–C–N with tert-alkyl or cyclic N) is 1. The van der Waals surface area contributed by atoms with Gasteiger partial charge in [-0.1, -0.05) is 34.6 Å². The zero-order valence-corrected chi connectivity index (χ0v) is 9.59. The van der Waals surface area contributed by atoms with Gasteiger partial charge in [-0.3, -0.25) is 4.90 Å². The fraction of sp³-hybridized carbons (Fsp3) is 1.00. The van der Waals surface area contributed by atoms with Crippen LogP contribution < -0.4 is 0 Å². The minimum absolute atomic E-state index is 0.0747. The molecule has 0 aromatic heterocycles. The molecule has 1 N–H and O–H groups in total. The first kappa shape index (κ1) is 11.0. The van der Waals surface area contributed by atoms with Gasteiger partial charge in [-0.2, -0.15) is 0 Å². The summed E-state index contributed by atoms with van der Waals surface area (Å²) in [6.45, 7) is 13.9. The van der Waals surface area contributed by atoms with E-state index in [2.05, 4.69) is 39.5 Å². The van der Waals surface area contributed by atoms with Crippen molar-refractivity contribution in [2.75, 3.05) is 19.6 Å². The van der Waals surface area contributed by atoms with Crippen molar-refractivity contribution in [1.82, 2.24) is 4.90 Å². The molecule has 78 valence electrons. The molecule has 1 saturated heterocycles. The van der Waals surface area contributed by atoms with E-state index in [1.54, 1.807) is 0 Å². The van der Waals surface area contributed by atoms with Gasteiger partial charge < -0.3 is 5.11 Å². The van der Waals surface area contributed by atoms with E-state index in [0.717, 1.165) is 19.6 Å². The van der Waals surface area contributed by atoms with Crippen LogP contribution in [0.1, 0.15) is 34.6 Å². The molecule has 2 heteroatoms. The summed E-state index contributed by atoms with van der Waals surface area (Å²) in [5, 5.41) is 9.78. The summed E-state index contributed by atoms with van der Waals surface area (Å²) in [5.74, 6) is 0. The SMILES string of the molecule is CC(C)(C)CN1CC(O)C(C)(C)C1. The largest absolute Gasteiger partial charge is 0.391 e. The molecule has 0 saturated carbocycles. The van der Waals surface area contributed by atoms with Crippen LogP contribution in [0.5, 0.6) is 0 Å². The molecule has 1 fully saturated rings. The van der Waals surface area contributed by atoms with E-state index in [9.17, 15) is 5.11 Å². The van der Waals surface area contributed by atoms with E-state index in [0.29, 0.717) is 5.41 Å². The quantitative estimate of drug-likeness (QED) is 0.672. The first-order valence-corrected chi connectivity index (χ1v) is 5.11. The van der Waals surface area contributed by atoms with Gasteiger partial charge in [0, 0.05) is 25.0 Å². The molecule has 0 amide bonds. The molecule has 0 aromatic carbocycles. The molecule has 1 rings (SSSR count). The minimum Gasteiger partial charge on any atom is -0.391 e. The highest BCUT2D eigenvalue weighted by molar-refractivity contribution is 4.91. The summed E-state index contributed by atoms with van der Waals surface area (Å²) < 4.78 is 0. The molecule has 0 spiro atoms. The van der Waals surface area contributed by atoms with Gasteiger partial charge >= 0.3 is 0 Å². The van der Waals surface area contributed by atoms with Crippen molar-refractivity contribution in [3.63, 3.8) is 0 Å². The second-order valence-corrected chi connectivity index (χ2v) is 6.23. The molecule has 0 aromatic rings. The summed E-state index contributed by atoms with van der Waals surface area (Å²) in [7, 11) is 0. The highest BCUT2D eigenvalue weighted by Gasteiger charge is 2.38. The maximum Gasteiger partial charge on any atom is 0.0730 e. The van der Waals surface area contributed by atoms with Gasteiger partial charge in [0.2, 0.25) is 0 Å². The highest BCUT2D eigenvalue weighted by atomic mass is 16.3. The average molecular weight is 185 g/mol. The Hall–Kier alpha value is -0.0800. The number of hydrogen-bond acceptors (Lipinski definition) is 2. The number of rotatable bonds is 1. The Kier molecular flexibility index (Phi) is 2.75. The topological polar surface area (TPSA) is 23.5 Å². The molecular weight excluding hydrogens is 162 g/mol.